The number of hydrogen-bond acceptors (Lipinski definition) is 2. The molecule has 0 aliphatic carbocycles. The van der Waals surface area contributed by atoms with Crippen LogP contribution in [0.2, 0.25) is 0 Å². The Kier molecular flexibility index (Phi) is 1.65. The van der Waals surface area contributed by atoms with Crippen molar-refractivity contribution in [3.05, 3.63) is 17.5 Å². The normalized spacial score (nSPS) is 9.09. The van der Waals surface area contributed by atoms with E-state index in [9.17, 15) is 4.79 Å². The average molecular weight is 150 g/mol. The van der Waals surface area contributed by atoms with Gasteiger partial charge in [0, 0.05) is 7.05 Å². The Morgan fingerprint density at radius 1 is 1.91 bits per heavy atom. The molecule has 0 unspecified atom stereocenters. The first kappa shape index (κ1) is 7.35. The topological polar surface area (TPSA) is 55.1 Å². The highest BCUT2D eigenvalue weighted by Gasteiger charge is 2.11. The van der Waals surface area contributed by atoms with Crippen LogP contribution in [-0.4, -0.2) is 20.9 Å². The Morgan fingerprint density at radius 2 is 2.55 bits per heavy atom. The van der Waals surface area contributed by atoms with Crippen molar-refractivity contribution in [2.75, 3.05) is 0 Å². The van der Waals surface area contributed by atoms with Crippen LogP contribution in [0.4, 0.5) is 0 Å². The predicted octanol–water partition coefficient (Wildman–Crippen LogP) is 0.0996. The molecule has 0 fully saturated rings. The van der Waals surface area contributed by atoms with Gasteiger partial charge in [0.15, 0.2) is 0 Å². The lowest BCUT2D eigenvalue weighted by Gasteiger charge is -1.91. The summed E-state index contributed by atoms with van der Waals surface area (Å²) in [6.45, 7) is 0. The first-order valence-corrected chi connectivity index (χ1v) is 2.88. The van der Waals surface area contributed by atoms with Gasteiger partial charge >= 0.3 is 5.97 Å². The van der Waals surface area contributed by atoms with Crippen molar-refractivity contribution < 1.29 is 9.90 Å². The molecule has 0 amide bonds. The van der Waals surface area contributed by atoms with E-state index in [1.165, 1.54) is 10.9 Å². The fraction of sp³-hybridized carbons (Fsp3) is 0.143. The van der Waals surface area contributed by atoms with Crippen molar-refractivity contribution in [1.82, 2.24) is 9.78 Å². The Morgan fingerprint density at radius 3 is 2.91 bits per heavy atom. The highest BCUT2D eigenvalue weighted by atomic mass is 16.4. The van der Waals surface area contributed by atoms with E-state index in [4.69, 9.17) is 11.5 Å². The summed E-state index contributed by atoms with van der Waals surface area (Å²) in [6.07, 6.45) is 6.29. The predicted molar refractivity (Wildman–Crippen MR) is 38.1 cm³/mol. The second kappa shape index (κ2) is 2.46. The number of aromatic nitrogens is 2. The van der Waals surface area contributed by atoms with Crippen LogP contribution in [0.25, 0.3) is 0 Å². The third kappa shape index (κ3) is 1.08. The zero-order chi connectivity index (χ0) is 8.43. The molecule has 0 aliphatic heterocycles. The molecule has 1 aromatic heterocycles. The van der Waals surface area contributed by atoms with Gasteiger partial charge in [-0.05, 0) is 5.92 Å². The summed E-state index contributed by atoms with van der Waals surface area (Å²) in [4.78, 5) is 10.4. The van der Waals surface area contributed by atoms with Crippen LogP contribution in [0, 0.1) is 12.3 Å². The van der Waals surface area contributed by atoms with Crippen molar-refractivity contribution >= 4 is 5.97 Å². The zero-order valence-electron chi connectivity index (χ0n) is 5.90. The minimum absolute atomic E-state index is 0.0648. The Balaban J connectivity index is 3.30. The molecule has 0 saturated heterocycles. The van der Waals surface area contributed by atoms with Crippen LogP contribution >= 0.6 is 0 Å². The standard InChI is InChI=1S/C7H6N2O2/c1-3-6-5(7(10)11)4-8-9(6)2/h1,4H,2H3,(H,10,11). The molecule has 1 N–H and O–H groups in total. The molecule has 0 bridgehead atoms. The summed E-state index contributed by atoms with van der Waals surface area (Å²) < 4.78 is 1.35. The summed E-state index contributed by atoms with van der Waals surface area (Å²) in [6, 6.07) is 0. The van der Waals surface area contributed by atoms with Gasteiger partial charge in [-0.15, -0.1) is 6.42 Å². The van der Waals surface area contributed by atoms with Crippen molar-refractivity contribution in [2.45, 2.75) is 0 Å². The third-order valence-corrected chi connectivity index (χ3v) is 1.31. The molecule has 1 heterocycles. The average Bonchev–Trinajstić information content (AvgIpc) is 2.30. The van der Waals surface area contributed by atoms with E-state index in [1.807, 2.05) is 0 Å². The van der Waals surface area contributed by atoms with Gasteiger partial charge in [0.1, 0.15) is 11.3 Å². The number of carboxylic acid groups (broad SMARTS) is 1. The number of rotatable bonds is 1. The molecule has 0 radical (unpaired) electrons. The minimum atomic E-state index is -1.05. The molecular formula is C7H6N2O2. The minimum Gasteiger partial charge on any atom is -0.478 e. The first-order valence-electron chi connectivity index (χ1n) is 2.88. The van der Waals surface area contributed by atoms with Crippen LogP contribution < -0.4 is 0 Å². The van der Waals surface area contributed by atoms with Gasteiger partial charge in [-0.3, -0.25) is 4.68 Å². The van der Waals surface area contributed by atoms with Crippen molar-refractivity contribution in [3.63, 3.8) is 0 Å². The lowest BCUT2D eigenvalue weighted by atomic mass is 10.2. The van der Waals surface area contributed by atoms with E-state index < -0.39 is 5.97 Å². The quantitative estimate of drug-likeness (QED) is 0.577. The summed E-state index contributed by atoms with van der Waals surface area (Å²) in [5.41, 5.74) is 0.354. The van der Waals surface area contributed by atoms with Crippen LogP contribution in [0.15, 0.2) is 6.20 Å². The van der Waals surface area contributed by atoms with Crippen LogP contribution in [0.5, 0.6) is 0 Å². The maximum absolute atomic E-state index is 10.4. The fourth-order valence-corrected chi connectivity index (χ4v) is 0.765. The fourth-order valence-electron chi connectivity index (χ4n) is 0.765. The number of carboxylic acids is 1. The summed E-state index contributed by atoms with van der Waals surface area (Å²) >= 11 is 0. The second-order valence-corrected chi connectivity index (χ2v) is 1.98. The largest absolute Gasteiger partial charge is 0.478 e. The summed E-state index contributed by atoms with van der Waals surface area (Å²) in [5.74, 6) is 1.19. The zero-order valence-corrected chi connectivity index (χ0v) is 5.90. The first-order chi connectivity index (χ1) is 5.16. The number of nitrogens with zero attached hydrogens (tertiary/aromatic N) is 2. The van der Waals surface area contributed by atoms with Crippen LogP contribution in [0.3, 0.4) is 0 Å². The molecule has 0 atom stereocenters. The van der Waals surface area contributed by atoms with Crippen LogP contribution in [-0.2, 0) is 7.05 Å². The molecule has 1 rings (SSSR count). The Bertz CT molecular complexity index is 333. The number of hydrogen-bond donors (Lipinski definition) is 1. The van der Waals surface area contributed by atoms with E-state index in [1.54, 1.807) is 7.05 Å². The Hall–Kier alpha value is -1.76. The van der Waals surface area contributed by atoms with Crippen molar-refractivity contribution in [2.24, 2.45) is 7.05 Å². The SMILES string of the molecule is C#Cc1c(C(=O)O)cnn1C. The number of aryl methyl sites for hydroxylation is 1. The van der Waals surface area contributed by atoms with E-state index in [2.05, 4.69) is 11.0 Å². The Labute approximate surface area is 63.5 Å². The third-order valence-electron chi connectivity index (χ3n) is 1.31. The van der Waals surface area contributed by atoms with E-state index in [0.29, 0.717) is 0 Å². The smallest absolute Gasteiger partial charge is 0.340 e. The lowest BCUT2D eigenvalue weighted by Crippen LogP contribution is -2.00. The molecular weight excluding hydrogens is 144 g/mol. The van der Waals surface area contributed by atoms with Crippen LogP contribution in [0.1, 0.15) is 16.1 Å². The number of aromatic carboxylic acids is 1. The monoisotopic (exact) mass is 150 g/mol. The highest BCUT2D eigenvalue weighted by molar-refractivity contribution is 5.89. The number of terminal acetylenes is 1. The van der Waals surface area contributed by atoms with Gasteiger partial charge in [0.25, 0.3) is 0 Å². The molecule has 1 aromatic rings. The number of carbonyl (C=O) groups is 1. The molecule has 11 heavy (non-hydrogen) atoms. The van der Waals surface area contributed by atoms with E-state index in [-0.39, 0.29) is 11.3 Å². The molecule has 4 heteroatoms. The van der Waals surface area contributed by atoms with E-state index >= 15 is 0 Å². The van der Waals surface area contributed by atoms with Gasteiger partial charge < -0.3 is 5.11 Å². The lowest BCUT2D eigenvalue weighted by molar-refractivity contribution is 0.0696. The summed E-state index contributed by atoms with van der Waals surface area (Å²) in [5, 5.41) is 12.3. The maximum atomic E-state index is 10.4. The van der Waals surface area contributed by atoms with Gasteiger partial charge in [0.2, 0.25) is 0 Å². The van der Waals surface area contributed by atoms with E-state index in [0.717, 1.165) is 0 Å². The van der Waals surface area contributed by atoms with Gasteiger partial charge in [0.05, 0.1) is 6.20 Å². The molecule has 4 nitrogen and oxygen atoms in total. The van der Waals surface area contributed by atoms with Gasteiger partial charge in [-0.2, -0.15) is 5.10 Å². The maximum Gasteiger partial charge on any atom is 0.340 e. The molecule has 0 aromatic carbocycles. The molecule has 0 saturated carbocycles. The second-order valence-electron chi connectivity index (χ2n) is 1.98. The molecule has 56 valence electrons. The molecule has 0 aliphatic rings. The van der Waals surface area contributed by atoms with Gasteiger partial charge in [-0.25, -0.2) is 4.79 Å². The van der Waals surface area contributed by atoms with Crippen molar-refractivity contribution in [1.29, 1.82) is 0 Å². The molecule has 0 spiro atoms. The summed E-state index contributed by atoms with van der Waals surface area (Å²) in [7, 11) is 1.60. The van der Waals surface area contributed by atoms with Crippen molar-refractivity contribution in [3.8, 4) is 12.3 Å². The highest BCUT2D eigenvalue weighted by Crippen LogP contribution is 2.04. The van der Waals surface area contributed by atoms with Gasteiger partial charge in [-0.1, -0.05) is 0 Å².